The molecular weight excluding hydrogens is 190 g/mol. The molecule has 1 atom stereocenters. The minimum absolute atomic E-state index is 0.146. The zero-order chi connectivity index (χ0) is 10.7. The van der Waals surface area contributed by atoms with Crippen LogP contribution in [0.4, 0.5) is 14.6 Å². The normalized spacial score (nSPS) is 13.0. The Balaban J connectivity index is 3.06. The van der Waals surface area contributed by atoms with Crippen molar-refractivity contribution >= 4 is 5.82 Å². The van der Waals surface area contributed by atoms with Gasteiger partial charge in [-0.25, -0.2) is 13.8 Å². The van der Waals surface area contributed by atoms with E-state index < -0.39 is 12.5 Å². The number of halogens is 2. The van der Waals surface area contributed by atoms with E-state index >= 15 is 0 Å². The van der Waals surface area contributed by atoms with Crippen molar-refractivity contribution in [1.29, 1.82) is 0 Å². The van der Waals surface area contributed by atoms with Crippen molar-refractivity contribution in [3.05, 3.63) is 23.9 Å². The maximum atomic E-state index is 12.3. The van der Waals surface area contributed by atoms with Crippen LogP contribution in [0.5, 0.6) is 0 Å². The van der Waals surface area contributed by atoms with Crippen molar-refractivity contribution in [1.82, 2.24) is 4.98 Å². The van der Waals surface area contributed by atoms with E-state index in [0.717, 1.165) is 0 Å². The third kappa shape index (κ3) is 2.17. The fraction of sp³-hybridized carbons (Fsp3) is 0.444. The molecule has 1 N–H and O–H groups in total. The van der Waals surface area contributed by atoms with E-state index in [1.165, 1.54) is 18.3 Å². The first-order valence-corrected chi connectivity index (χ1v) is 4.12. The summed E-state index contributed by atoms with van der Waals surface area (Å²) in [6, 6.07) is 2.97. The van der Waals surface area contributed by atoms with Gasteiger partial charge in [0.1, 0.15) is 11.9 Å². The smallest absolute Gasteiger partial charge is 0.268 e. The molecule has 0 fully saturated rings. The Labute approximate surface area is 81.0 Å². The molecule has 1 aromatic rings. The molecular formula is C9H12F2N2O. The number of aliphatic hydroxyl groups excluding tert-OH is 1. The molecule has 0 aliphatic heterocycles. The van der Waals surface area contributed by atoms with Crippen LogP contribution in [0.15, 0.2) is 18.3 Å². The van der Waals surface area contributed by atoms with Crippen LogP contribution in [-0.4, -0.2) is 30.6 Å². The number of hydrogen-bond donors (Lipinski definition) is 1. The molecule has 14 heavy (non-hydrogen) atoms. The average molecular weight is 202 g/mol. The van der Waals surface area contributed by atoms with E-state index in [4.69, 9.17) is 0 Å². The Hall–Kier alpha value is -1.23. The largest absolute Gasteiger partial charge is 0.382 e. The number of aromatic nitrogens is 1. The Morgan fingerprint density at radius 2 is 2.07 bits per heavy atom. The van der Waals surface area contributed by atoms with Crippen LogP contribution in [0, 0.1) is 0 Å². The summed E-state index contributed by atoms with van der Waals surface area (Å²) in [5, 5.41) is 9.21. The van der Waals surface area contributed by atoms with Gasteiger partial charge in [0.05, 0.1) is 0 Å². The molecule has 0 aliphatic carbocycles. The van der Waals surface area contributed by atoms with Crippen molar-refractivity contribution < 1.29 is 13.9 Å². The Morgan fingerprint density at radius 3 is 2.57 bits per heavy atom. The first-order valence-electron chi connectivity index (χ1n) is 4.12. The Bertz CT molecular complexity index is 305. The molecule has 0 bridgehead atoms. The quantitative estimate of drug-likeness (QED) is 0.805. The van der Waals surface area contributed by atoms with E-state index in [2.05, 4.69) is 4.98 Å². The van der Waals surface area contributed by atoms with E-state index in [9.17, 15) is 13.9 Å². The first kappa shape index (κ1) is 10.8. The van der Waals surface area contributed by atoms with Gasteiger partial charge in [0, 0.05) is 25.9 Å². The summed E-state index contributed by atoms with van der Waals surface area (Å²) in [4.78, 5) is 5.50. The molecule has 0 radical (unpaired) electrons. The van der Waals surface area contributed by atoms with Gasteiger partial charge in [-0.2, -0.15) is 0 Å². The molecule has 0 aliphatic rings. The van der Waals surface area contributed by atoms with Gasteiger partial charge in [0.25, 0.3) is 6.43 Å². The summed E-state index contributed by atoms with van der Waals surface area (Å²) in [5.41, 5.74) is 0.146. The fourth-order valence-corrected chi connectivity index (χ4v) is 1.15. The zero-order valence-electron chi connectivity index (χ0n) is 7.98. The number of rotatable bonds is 3. The van der Waals surface area contributed by atoms with Crippen molar-refractivity contribution in [3.63, 3.8) is 0 Å². The highest BCUT2D eigenvalue weighted by Gasteiger charge is 2.23. The third-order valence-electron chi connectivity index (χ3n) is 1.80. The molecule has 0 amide bonds. The molecule has 1 aromatic heterocycles. The summed E-state index contributed by atoms with van der Waals surface area (Å²) in [6.45, 7) is 0. The molecule has 0 saturated heterocycles. The second kappa shape index (κ2) is 4.32. The third-order valence-corrected chi connectivity index (χ3v) is 1.80. The number of hydrogen-bond acceptors (Lipinski definition) is 3. The highest BCUT2D eigenvalue weighted by Crippen LogP contribution is 2.26. The van der Waals surface area contributed by atoms with Crippen LogP contribution in [0.2, 0.25) is 0 Å². The molecule has 1 rings (SSSR count). The van der Waals surface area contributed by atoms with Gasteiger partial charge in [-0.1, -0.05) is 6.07 Å². The molecule has 1 heterocycles. The summed E-state index contributed by atoms with van der Waals surface area (Å²) >= 11 is 0. The Kier molecular flexibility index (Phi) is 3.35. The summed E-state index contributed by atoms with van der Waals surface area (Å²) in [5.74, 6) is 0.361. The van der Waals surface area contributed by atoms with Crippen molar-refractivity contribution in [2.45, 2.75) is 12.5 Å². The predicted octanol–water partition coefficient (Wildman–Crippen LogP) is 1.45. The summed E-state index contributed by atoms with van der Waals surface area (Å²) in [7, 11) is 3.37. The number of pyridine rings is 1. The second-order valence-electron chi connectivity index (χ2n) is 3.09. The summed E-state index contributed by atoms with van der Waals surface area (Å²) in [6.07, 6.45) is -3.07. The average Bonchev–Trinajstić information content (AvgIpc) is 2.16. The van der Waals surface area contributed by atoms with Crippen LogP contribution in [0.25, 0.3) is 0 Å². The van der Waals surface area contributed by atoms with E-state index in [1.54, 1.807) is 19.0 Å². The van der Waals surface area contributed by atoms with E-state index in [0.29, 0.717) is 5.82 Å². The SMILES string of the molecule is CN(C)c1ncccc1C(O)C(F)F. The fourth-order valence-electron chi connectivity index (χ4n) is 1.15. The van der Waals surface area contributed by atoms with Gasteiger partial charge in [0.2, 0.25) is 0 Å². The standard InChI is InChI=1S/C9H12F2N2O/c1-13(2)9-6(4-3-5-12-9)7(14)8(10)11/h3-5,7-8,14H,1-2H3. The zero-order valence-corrected chi connectivity index (χ0v) is 7.98. The Morgan fingerprint density at radius 1 is 1.43 bits per heavy atom. The second-order valence-corrected chi connectivity index (χ2v) is 3.09. The molecule has 0 saturated carbocycles. The van der Waals surface area contributed by atoms with Crippen molar-refractivity contribution in [3.8, 4) is 0 Å². The molecule has 5 heteroatoms. The van der Waals surface area contributed by atoms with Gasteiger partial charge in [0.15, 0.2) is 0 Å². The van der Waals surface area contributed by atoms with E-state index in [1.807, 2.05) is 0 Å². The molecule has 78 valence electrons. The van der Waals surface area contributed by atoms with Gasteiger partial charge in [-0.3, -0.25) is 0 Å². The lowest BCUT2D eigenvalue weighted by Crippen LogP contribution is -2.17. The van der Waals surface area contributed by atoms with Crippen molar-refractivity contribution in [2.75, 3.05) is 19.0 Å². The van der Waals surface area contributed by atoms with Crippen LogP contribution >= 0.6 is 0 Å². The molecule has 1 unspecified atom stereocenters. The molecule has 0 spiro atoms. The maximum absolute atomic E-state index is 12.3. The van der Waals surface area contributed by atoms with E-state index in [-0.39, 0.29) is 5.56 Å². The van der Waals surface area contributed by atoms with Crippen molar-refractivity contribution in [2.24, 2.45) is 0 Å². The van der Waals surface area contributed by atoms with Gasteiger partial charge in [-0.15, -0.1) is 0 Å². The monoisotopic (exact) mass is 202 g/mol. The molecule has 3 nitrogen and oxygen atoms in total. The number of alkyl halides is 2. The summed E-state index contributed by atoms with van der Waals surface area (Å²) < 4.78 is 24.5. The topological polar surface area (TPSA) is 36.4 Å². The number of nitrogens with zero attached hydrogens (tertiary/aromatic N) is 2. The molecule has 0 aromatic carbocycles. The van der Waals surface area contributed by atoms with Crippen LogP contribution < -0.4 is 4.90 Å². The highest BCUT2D eigenvalue weighted by molar-refractivity contribution is 5.46. The van der Waals surface area contributed by atoms with Gasteiger partial charge < -0.3 is 10.0 Å². The number of aliphatic hydroxyl groups is 1. The lowest BCUT2D eigenvalue weighted by Gasteiger charge is -2.18. The minimum Gasteiger partial charge on any atom is -0.382 e. The highest BCUT2D eigenvalue weighted by atomic mass is 19.3. The van der Waals surface area contributed by atoms with Crippen LogP contribution in [-0.2, 0) is 0 Å². The lowest BCUT2D eigenvalue weighted by atomic mass is 10.1. The maximum Gasteiger partial charge on any atom is 0.268 e. The van der Waals surface area contributed by atoms with Crippen LogP contribution in [0.1, 0.15) is 11.7 Å². The van der Waals surface area contributed by atoms with Crippen LogP contribution in [0.3, 0.4) is 0 Å². The first-order chi connectivity index (χ1) is 6.54. The lowest BCUT2D eigenvalue weighted by molar-refractivity contribution is -0.00565. The number of anilines is 1. The predicted molar refractivity (Wildman–Crippen MR) is 49.5 cm³/mol. The minimum atomic E-state index is -2.79. The van der Waals surface area contributed by atoms with Gasteiger partial charge >= 0.3 is 0 Å². The van der Waals surface area contributed by atoms with Gasteiger partial charge in [-0.05, 0) is 6.07 Å².